The molecule has 15 nitrogen and oxygen atoms in total. The van der Waals surface area contributed by atoms with Crippen molar-refractivity contribution in [3.05, 3.63) is 46.3 Å². The molecule has 0 aromatic heterocycles. The van der Waals surface area contributed by atoms with E-state index in [1.807, 2.05) is 0 Å². The molecular formula is C25H26Br2N6O9S2. The van der Waals surface area contributed by atoms with Gasteiger partial charge in [-0.25, -0.2) is 18.0 Å². The first-order valence-electron chi connectivity index (χ1n) is 13.1. The van der Waals surface area contributed by atoms with Crippen LogP contribution in [0.4, 0.5) is 0 Å². The van der Waals surface area contributed by atoms with Gasteiger partial charge in [-0.3, -0.25) is 14.4 Å². The van der Waals surface area contributed by atoms with Crippen LogP contribution < -0.4 is 5.32 Å². The lowest BCUT2D eigenvalue weighted by Gasteiger charge is -2.46. The predicted octanol–water partition coefficient (Wildman–Crippen LogP) is 1.86. The number of azide groups is 1. The summed E-state index contributed by atoms with van der Waals surface area (Å²) in [5, 5.41) is 3.87. The Bertz CT molecular complexity index is 1620. The number of ether oxygens (including phenoxy) is 2. The van der Waals surface area contributed by atoms with E-state index < -0.39 is 82.7 Å². The van der Waals surface area contributed by atoms with Crippen molar-refractivity contribution in [1.29, 1.82) is 0 Å². The van der Waals surface area contributed by atoms with E-state index in [4.69, 9.17) is 15.0 Å². The van der Waals surface area contributed by atoms with Crippen LogP contribution >= 0.6 is 43.6 Å². The fourth-order valence-electron chi connectivity index (χ4n) is 5.88. The Hall–Kier alpha value is -2.86. The molecule has 1 aromatic carbocycles. The number of benzene rings is 1. The van der Waals surface area contributed by atoms with Crippen LogP contribution in [0.2, 0.25) is 0 Å². The lowest BCUT2D eigenvalue weighted by molar-refractivity contribution is -0.181. The molecule has 0 aliphatic carbocycles. The number of esters is 2. The number of rotatable bonds is 8. The number of β-lactam (4-membered cyclic amide) rings is 2. The van der Waals surface area contributed by atoms with Gasteiger partial charge in [-0.2, -0.15) is 0 Å². The summed E-state index contributed by atoms with van der Waals surface area (Å²) in [5.74, 6) is -4.08. The molecular weight excluding hydrogens is 752 g/mol. The zero-order valence-electron chi connectivity index (χ0n) is 23.5. The summed E-state index contributed by atoms with van der Waals surface area (Å²) in [5.41, 5.74) is 9.28. The third-order valence-corrected chi connectivity index (χ3v) is 14.8. The highest BCUT2D eigenvalue weighted by atomic mass is 79.9. The van der Waals surface area contributed by atoms with Crippen molar-refractivity contribution in [2.45, 2.75) is 75.3 Å². The first kappa shape index (κ1) is 32.5. The molecule has 0 saturated carbocycles. The maximum atomic E-state index is 13.5. The molecule has 1 N–H and O–H groups in total. The second-order valence-corrected chi connectivity index (χ2v) is 19.5. The number of sulfone groups is 1. The molecule has 0 spiro atoms. The minimum Gasteiger partial charge on any atom is -0.426 e. The average Bonchev–Trinajstić information content (AvgIpc) is 3.31. The quantitative estimate of drug-likeness (QED) is 0.0772. The predicted molar refractivity (Wildman–Crippen MR) is 161 cm³/mol. The van der Waals surface area contributed by atoms with Crippen LogP contribution in [0.25, 0.3) is 10.4 Å². The summed E-state index contributed by atoms with van der Waals surface area (Å²) < 4.78 is 33.8. The maximum absolute atomic E-state index is 13.5. The number of hydrogen-bond donors (Lipinski definition) is 1. The first-order valence-corrected chi connectivity index (χ1v) is 17.1. The highest BCUT2D eigenvalue weighted by Gasteiger charge is 2.73. The smallest absolute Gasteiger partial charge is 0.333 e. The fourth-order valence-corrected chi connectivity index (χ4v) is 11.0. The lowest BCUT2D eigenvalue weighted by Crippen LogP contribution is -2.72. The molecule has 4 heterocycles. The Balaban J connectivity index is 1.26. The van der Waals surface area contributed by atoms with Crippen LogP contribution in [-0.2, 0) is 43.3 Å². The Morgan fingerprint density at radius 1 is 1.07 bits per heavy atom. The number of nitrogens with zero attached hydrogens (tertiary/aromatic N) is 5. The standard InChI is InChI=1S/C25H26Br2N6O9S2/c1-23(2)14(33-21(38)25(26,27)22(33)43-23)19(36)41-10-42-20(37)15-24(3,4)44(39,40)18-13(17(35)32(15)18)29-16(34)12(30-31-28)11-8-6-5-7-9-11/h5-9,12-15,18,22H,10H2,1-4H3,(H,29,34)/t12?,13-,14+,15+,18-,22-/m1/s1. The van der Waals surface area contributed by atoms with Crippen molar-refractivity contribution in [2.24, 2.45) is 5.11 Å². The van der Waals surface area contributed by atoms with Crippen LogP contribution in [0, 0.1) is 0 Å². The van der Waals surface area contributed by atoms with Crippen LogP contribution in [-0.4, -0.2) is 96.3 Å². The molecule has 6 atom stereocenters. The monoisotopic (exact) mass is 776 g/mol. The zero-order valence-corrected chi connectivity index (χ0v) is 28.3. The van der Waals surface area contributed by atoms with E-state index >= 15 is 0 Å². The summed E-state index contributed by atoms with van der Waals surface area (Å²) in [7, 11) is -4.26. The summed E-state index contributed by atoms with van der Waals surface area (Å²) in [6.07, 6.45) is 0. The van der Waals surface area contributed by atoms with Crippen molar-refractivity contribution in [2.75, 3.05) is 6.79 Å². The van der Waals surface area contributed by atoms with Crippen LogP contribution in [0.5, 0.6) is 0 Å². The number of nitrogens with one attached hydrogen (secondary N) is 1. The normalized spacial score (nSPS) is 30.5. The van der Waals surface area contributed by atoms with Gasteiger partial charge in [-0.1, -0.05) is 67.3 Å². The van der Waals surface area contributed by atoms with Crippen molar-refractivity contribution >= 4 is 83.1 Å². The first-order chi connectivity index (χ1) is 20.4. The third kappa shape index (κ3) is 4.69. The fraction of sp³-hybridized carbons (Fsp3) is 0.560. The second kappa shape index (κ2) is 10.9. The van der Waals surface area contributed by atoms with E-state index in [9.17, 15) is 32.4 Å². The van der Waals surface area contributed by atoms with Crippen molar-refractivity contribution in [3.8, 4) is 0 Å². The SMILES string of the molecule is CC1(C)S[C@H]2N(C(=O)C2(Br)Br)[C@H]1C(=O)OCOC(=O)[C@@H]1N2C(=O)[C@@H](NC(=O)C(N=[N+]=[N-])c3ccccc3)[C@H]2S(=O)(=O)C1(C)C. The molecule has 19 heteroatoms. The van der Waals surface area contributed by atoms with Gasteiger partial charge in [0, 0.05) is 9.66 Å². The van der Waals surface area contributed by atoms with Gasteiger partial charge in [0.25, 0.3) is 5.91 Å². The van der Waals surface area contributed by atoms with Crippen LogP contribution in [0.15, 0.2) is 35.4 Å². The van der Waals surface area contributed by atoms with Crippen molar-refractivity contribution < 1.29 is 41.9 Å². The molecule has 4 aliphatic heterocycles. The molecule has 44 heavy (non-hydrogen) atoms. The molecule has 236 valence electrons. The number of fused-ring (bicyclic) bond motifs is 2. The molecule has 4 aliphatic rings. The Morgan fingerprint density at radius 3 is 2.25 bits per heavy atom. The van der Waals surface area contributed by atoms with Gasteiger partial charge in [0.1, 0.15) is 34.3 Å². The minimum absolute atomic E-state index is 0.323. The summed E-state index contributed by atoms with van der Waals surface area (Å²) in [4.78, 5) is 69.8. The van der Waals surface area contributed by atoms with Crippen molar-refractivity contribution in [1.82, 2.24) is 15.1 Å². The van der Waals surface area contributed by atoms with Crippen LogP contribution in [0.1, 0.15) is 39.3 Å². The highest BCUT2D eigenvalue weighted by Crippen LogP contribution is 2.60. The molecule has 5 rings (SSSR count). The number of thioether (sulfide) groups is 1. The van der Waals surface area contributed by atoms with Gasteiger partial charge in [0.05, 0.1) is 0 Å². The molecule has 1 aromatic rings. The molecule has 0 radical (unpaired) electrons. The van der Waals surface area contributed by atoms with Gasteiger partial charge < -0.3 is 24.6 Å². The Kier molecular flexibility index (Phi) is 8.05. The minimum atomic E-state index is -4.26. The zero-order chi connectivity index (χ0) is 32.6. The third-order valence-electron chi connectivity index (χ3n) is 8.18. The van der Waals surface area contributed by atoms with Gasteiger partial charge in [0.15, 0.2) is 18.4 Å². The topological polar surface area (TPSA) is 205 Å². The summed E-state index contributed by atoms with van der Waals surface area (Å²) >= 11 is 8.01. The van der Waals surface area contributed by atoms with E-state index in [2.05, 4.69) is 47.2 Å². The van der Waals surface area contributed by atoms with Crippen molar-refractivity contribution in [3.63, 3.8) is 0 Å². The molecule has 3 amide bonds. The summed E-state index contributed by atoms with van der Waals surface area (Å²) in [6, 6.07) is 2.47. The largest absolute Gasteiger partial charge is 0.426 e. The van der Waals surface area contributed by atoms with E-state index in [1.54, 1.807) is 32.0 Å². The van der Waals surface area contributed by atoms with Gasteiger partial charge in [0.2, 0.25) is 18.6 Å². The van der Waals surface area contributed by atoms with Gasteiger partial charge in [-0.15, -0.1) is 11.8 Å². The highest BCUT2D eigenvalue weighted by molar-refractivity contribution is 9.26. The van der Waals surface area contributed by atoms with Crippen LogP contribution in [0.3, 0.4) is 0 Å². The number of alkyl halides is 2. The Labute approximate surface area is 272 Å². The average molecular weight is 778 g/mol. The molecule has 0 bridgehead atoms. The number of halogens is 2. The number of hydrogen-bond acceptors (Lipinski definition) is 11. The molecule has 4 fully saturated rings. The van der Waals surface area contributed by atoms with E-state index in [0.29, 0.717) is 5.56 Å². The second-order valence-electron chi connectivity index (χ2n) is 11.5. The number of carbonyl (C=O) groups is 5. The van der Waals surface area contributed by atoms with E-state index in [1.165, 1.54) is 42.6 Å². The number of carbonyl (C=O) groups excluding carboxylic acids is 5. The molecule has 1 unspecified atom stereocenters. The van der Waals surface area contributed by atoms with E-state index in [-0.39, 0.29) is 11.3 Å². The van der Waals surface area contributed by atoms with Gasteiger partial charge >= 0.3 is 11.9 Å². The number of amides is 3. The maximum Gasteiger partial charge on any atom is 0.333 e. The Morgan fingerprint density at radius 2 is 1.66 bits per heavy atom. The van der Waals surface area contributed by atoms with E-state index in [0.717, 1.165) is 4.90 Å². The lowest BCUT2D eigenvalue weighted by atomic mass is 9.95. The van der Waals surface area contributed by atoms with Gasteiger partial charge in [-0.05, 0) is 38.8 Å². The molecule has 4 saturated heterocycles. The summed E-state index contributed by atoms with van der Waals surface area (Å²) in [6.45, 7) is 5.14.